The highest BCUT2D eigenvalue weighted by molar-refractivity contribution is 7.89. The second-order valence-corrected chi connectivity index (χ2v) is 7.34. The molecule has 1 aromatic carbocycles. The van der Waals surface area contributed by atoms with Crippen molar-refractivity contribution < 1.29 is 17.9 Å². The van der Waals surface area contributed by atoms with Crippen molar-refractivity contribution in [1.29, 1.82) is 0 Å². The van der Waals surface area contributed by atoms with Crippen LogP contribution in [0.15, 0.2) is 12.1 Å². The van der Waals surface area contributed by atoms with E-state index in [9.17, 15) is 8.42 Å². The van der Waals surface area contributed by atoms with Crippen molar-refractivity contribution in [3.63, 3.8) is 0 Å². The average Bonchev–Trinajstić information content (AvgIpc) is 2.46. The van der Waals surface area contributed by atoms with Crippen LogP contribution in [0.25, 0.3) is 0 Å². The molecule has 1 aromatic rings. The SMILES string of the molecule is CCS(=O)(=O)N1CCc2cc3c(cc2C1C)OCCO3. The van der Waals surface area contributed by atoms with E-state index in [1.54, 1.807) is 11.2 Å². The van der Waals surface area contributed by atoms with Crippen LogP contribution < -0.4 is 9.47 Å². The second kappa shape index (κ2) is 4.93. The second-order valence-electron chi connectivity index (χ2n) is 5.13. The number of ether oxygens (including phenoxy) is 2. The van der Waals surface area contributed by atoms with Crippen LogP contribution in [0.4, 0.5) is 0 Å². The molecule has 0 amide bonds. The Morgan fingerprint density at radius 2 is 1.90 bits per heavy atom. The van der Waals surface area contributed by atoms with E-state index in [0.29, 0.717) is 19.8 Å². The molecule has 2 heterocycles. The van der Waals surface area contributed by atoms with E-state index < -0.39 is 10.0 Å². The van der Waals surface area contributed by atoms with Crippen molar-refractivity contribution >= 4 is 10.0 Å². The highest BCUT2D eigenvalue weighted by Gasteiger charge is 2.33. The highest BCUT2D eigenvalue weighted by atomic mass is 32.2. The van der Waals surface area contributed by atoms with Gasteiger partial charge in [-0.1, -0.05) is 0 Å². The van der Waals surface area contributed by atoms with Crippen molar-refractivity contribution in [2.45, 2.75) is 26.3 Å². The molecule has 0 bridgehead atoms. The lowest BCUT2D eigenvalue weighted by atomic mass is 9.94. The molecule has 2 aliphatic rings. The first-order valence-corrected chi connectivity index (χ1v) is 8.56. The monoisotopic (exact) mass is 297 g/mol. The zero-order valence-corrected chi connectivity index (χ0v) is 12.6. The lowest BCUT2D eigenvalue weighted by molar-refractivity contribution is 0.170. The molecule has 0 fully saturated rings. The molecule has 1 unspecified atom stereocenters. The number of benzene rings is 1. The molecule has 3 rings (SSSR count). The van der Waals surface area contributed by atoms with Crippen LogP contribution in [0.5, 0.6) is 11.5 Å². The summed E-state index contributed by atoms with van der Waals surface area (Å²) in [5.41, 5.74) is 2.18. The van der Waals surface area contributed by atoms with Crippen LogP contribution in [0.1, 0.15) is 31.0 Å². The Balaban J connectivity index is 2.01. The summed E-state index contributed by atoms with van der Waals surface area (Å²) in [6.07, 6.45) is 0.718. The van der Waals surface area contributed by atoms with E-state index in [2.05, 4.69) is 0 Å². The van der Waals surface area contributed by atoms with Crippen LogP contribution in [-0.2, 0) is 16.4 Å². The predicted octanol–water partition coefficient (Wildman–Crippen LogP) is 1.73. The minimum Gasteiger partial charge on any atom is -0.486 e. The third kappa shape index (κ3) is 2.16. The smallest absolute Gasteiger partial charge is 0.214 e. The normalized spacial score (nSPS) is 22.4. The van der Waals surface area contributed by atoms with Crippen LogP contribution in [-0.4, -0.2) is 38.2 Å². The third-order valence-electron chi connectivity index (χ3n) is 4.01. The maximum Gasteiger partial charge on any atom is 0.214 e. The summed E-state index contributed by atoms with van der Waals surface area (Å²) in [7, 11) is -3.17. The van der Waals surface area contributed by atoms with Crippen LogP contribution >= 0.6 is 0 Å². The van der Waals surface area contributed by atoms with Crippen molar-refractivity contribution in [2.24, 2.45) is 0 Å². The summed E-state index contributed by atoms with van der Waals surface area (Å²) < 4.78 is 37.0. The molecule has 0 saturated carbocycles. The highest BCUT2D eigenvalue weighted by Crippen LogP contribution is 2.40. The van der Waals surface area contributed by atoms with Gasteiger partial charge in [0.15, 0.2) is 11.5 Å². The molecule has 5 nitrogen and oxygen atoms in total. The van der Waals surface area contributed by atoms with Gasteiger partial charge in [0.25, 0.3) is 0 Å². The standard InChI is InChI=1S/C14H19NO4S/c1-3-20(16,17)15-5-4-11-8-13-14(19-7-6-18-13)9-12(11)10(15)2/h8-10H,3-7H2,1-2H3. The molecule has 1 atom stereocenters. The summed E-state index contributed by atoms with van der Waals surface area (Å²) in [5.74, 6) is 1.63. The van der Waals surface area contributed by atoms with Gasteiger partial charge < -0.3 is 9.47 Å². The molecule has 0 N–H and O–H groups in total. The molecule has 6 heteroatoms. The Morgan fingerprint density at radius 1 is 1.25 bits per heavy atom. The van der Waals surface area contributed by atoms with E-state index in [1.165, 1.54) is 0 Å². The molecular formula is C14H19NO4S. The first kappa shape index (κ1) is 13.7. The number of hydrogen-bond acceptors (Lipinski definition) is 4. The van der Waals surface area contributed by atoms with Crippen molar-refractivity contribution in [2.75, 3.05) is 25.5 Å². The van der Waals surface area contributed by atoms with Gasteiger partial charge in [-0.3, -0.25) is 0 Å². The van der Waals surface area contributed by atoms with Gasteiger partial charge >= 0.3 is 0 Å². The molecule has 20 heavy (non-hydrogen) atoms. The number of sulfonamides is 1. The minimum absolute atomic E-state index is 0.136. The maximum absolute atomic E-state index is 12.1. The lowest BCUT2D eigenvalue weighted by Gasteiger charge is -2.35. The van der Waals surface area contributed by atoms with E-state index in [-0.39, 0.29) is 11.8 Å². The summed E-state index contributed by atoms with van der Waals surface area (Å²) in [6.45, 7) is 5.25. The summed E-state index contributed by atoms with van der Waals surface area (Å²) in [4.78, 5) is 0. The fraction of sp³-hybridized carbons (Fsp3) is 0.571. The molecule has 2 aliphatic heterocycles. The van der Waals surface area contributed by atoms with Gasteiger partial charge in [-0.15, -0.1) is 0 Å². The Hall–Kier alpha value is -1.27. The Morgan fingerprint density at radius 3 is 2.55 bits per heavy atom. The van der Waals surface area contributed by atoms with Gasteiger partial charge in [0.1, 0.15) is 13.2 Å². The van der Waals surface area contributed by atoms with E-state index >= 15 is 0 Å². The quantitative estimate of drug-likeness (QED) is 0.834. The lowest BCUT2D eigenvalue weighted by Crippen LogP contribution is -2.39. The topological polar surface area (TPSA) is 55.8 Å². The first-order valence-electron chi connectivity index (χ1n) is 6.95. The van der Waals surface area contributed by atoms with Crippen molar-refractivity contribution in [3.05, 3.63) is 23.3 Å². The van der Waals surface area contributed by atoms with Crippen LogP contribution in [0.2, 0.25) is 0 Å². The molecule has 0 radical (unpaired) electrons. The zero-order chi connectivity index (χ0) is 14.3. The number of nitrogens with zero attached hydrogens (tertiary/aromatic N) is 1. The number of hydrogen-bond donors (Lipinski definition) is 0. The fourth-order valence-electron chi connectivity index (χ4n) is 2.88. The van der Waals surface area contributed by atoms with Gasteiger partial charge in [-0.2, -0.15) is 4.31 Å². The van der Waals surface area contributed by atoms with E-state index in [4.69, 9.17) is 9.47 Å². The van der Waals surface area contributed by atoms with Crippen molar-refractivity contribution in [1.82, 2.24) is 4.31 Å². The van der Waals surface area contributed by atoms with E-state index in [1.807, 2.05) is 19.1 Å². The van der Waals surface area contributed by atoms with Gasteiger partial charge in [0.05, 0.1) is 5.75 Å². The summed E-state index contributed by atoms with van der Waals surface area (Å²) >= 11 is 0. The Kier molecular flexibility index (Phi) is 3.38. The molecule has 0 aliphatic carbocycles. The molecule has 110 valence electrons. The van der Waals surface area contributed by atoms with Gasteiger partial charge in [0.2, 0.25) is 10.0 Å². The number of rotatable bonds is 2. The maximum atomic E-state index is 12.1. The molecule has 0 spiro atoms. The van der Waals surface area contributed by atoms with Gasteiger partial charge in [0, 0.05) is 12.6 Å². The summed E-state index contributed by atoms with van der Waals surface area (Å²) in [6, 6.07) is 3.78. The largest absolute Gasteiger partial charge is 0.486 e. The number of fused-ring (bicyclic) bond motifs is 2. The predicted molar refractivity (Wildman–Crippen MR) is 75.7 cm³/mol. The molecular weight excluding hydrogens is 278 g/mol. The van der Waals surface area contributed by atoms with Crippen molar-refractivity contribution in [3.8, 4) is 11.5 Å². The Labute approximate surface area is 119 Å². The minimum atomic E-state index is -3.17. The third-order valence-corrected chi connectivity index (χ3v) is 5.95. The summed E-state index contributed by atoms with van der Waals surface area (Å²) in [5, 5.41) is 0. The molecule has 0 aromatic heterocycles. The fourth-order valence-corrected chi connectivity index (χ4v) is 4.17. The van der Waals surface area contributed by atoms with Crippen LogP contribution in [0.3, 0.4) is 0 Å². The molecule has 0 saturated heterocycles. The van der Waals surface area contributed by atoms with Crippen LogP contribution in [0, 0.1) is 0 Å². The Bertz CT molecular complexity index is 626. The first-order chi connectivity index (χ1) is 9.53. The van der Waals surface area contributed by atoms with Gasteiger partial charge in [-0.05, 0) is 43.5 Å². The average molecular weight is 297 g/mol. The van der Waals surface area contributed by atoms with E-state index in [0.717, 1.165) is 29.0 Å². The van der Waals surface area contributed by atoms with Gasteiger partial charge in [-0.25, -0.2) is 8.42 Å². The zero-order valence-electron chi connectivity index (χ0n) is 11.8.